The number of halogens is 1. The number of amides is 1. The Bertz CT molecular complexity index is 356. The fraction of sp³-hybridized carbons (Fsp3) is 0.417. The van der Waals surface area contributed by atoms with Crippen molar-refractivity contribution in [2.75, 3.05) is 13.7 Å². The van der Waals surface area contributed by atoms with Crippen LogP contribution >= 0.6 is 12.4 Å². The molecule has 1 aromatic carbocycles. The van der Waals surface area contributed by atoms with Crippen molar-refractivity contribution >= 4 is 18.3 Å². The Morgan fingerprint density at radius 2 is 2.12 bits per heavy atom. The lowest BCUT2D eigenvalue weighted by Crippen LogP contribution is -2.39. The van der Waals surface area contributed by atoms with Crippen LogP contribution in [-0.2, 0) is 11.2 Å². The summed E-state index contributed by atoms with van der Waals surface area (Å²) in [6, 6.07) is 7.30. The predicted octanol–water partition coefficient (Wildman–Crippen LogP) is 1.12. The monoisotopic (exact) mass is 258 g/mol. The standard InChI is InChI=1S/C12H18N2O2.ClH/c1-9(13)12(15)14-8-7-10-5-3-4-6-11(10)16-2;/h3-6,9H,7-8,13H2,1-2H3,(H,14,15);1H/t9-;/m1./s1. The molecule has 5 heteroatoms. The van der Waals surface area contributed by atoms with Crippen LogP contribution in [0, 0.1) is 0 Å². The van der Waals surface area contributed by atoms with Crippen LogP contribution in [0.4, 0.5) is 0 Å². The van der Waals surface area contributed by atoms with Crippen molar-refractivity contribution in [3.8, 4) is 5.75 Å². The molecule has 0 fully saturated rings. The number of nitrogens with one attached hydrogen (secondary N) is 1. The van der Waals surface area contributed by atoms with E-state index in [1.807, 2.05) is 24.3 Å². The molecule has 0 radical (unpaired) electrons. The molecule has 1 rings (SSSR count). The molecule has 0 bridgehead atoms. The number of hydrogen-bond acceptors (Lipinski definition) is 3. The number of hydrogen-bond donors (Lipinski definition) is 2. The van der Waals surface area contributed by atoms with E-state index < -0.39 is 6.04 Å². The Hall–Kier alpha value is -1.26. The SMILES string of the molecule is COc1ccccc1CCNC(=O)[C@@H](C)N.Cl. The summed E-state index contributed by atoms with van der Waals surface area (Å²) in [5, 5.41) is 2.76. The van der Waals surface area contributed by atoms with E-state index in [0.29, 0.717) is 6.54 Å². The molecule has 0 aliphatic rings. The van der Waals surface area contributed by atoms with Gasteiger partial charge in [-0.05, 0) is 25.0 Å². The van der Waals surface area contributed by atoms with Gasteiger partial charge in [-0.15, -0.1) is 12.4 Å². The van der Waals surface area contributed by atoms with Gasteiger partial charge in [0.1, 0.15) is 5.75 Å². The smallest absolute Gasteiger partial charge is 0.236 e. The van der Waals surface area contributed by atoms with Gasteiger partial charge in [-0.25, -0.2) is 0 Å². The van der Waals surface area contributed by atoms with E-state index in [2.05, 4.69) is 5.32 Å². The molecule has 3 N–H and O–H groups in total. The Balaban J connectivity index is 0.00000256. The average molecular weight is 259 g/mol. The molecule has 0 aliphatic heterocycles. The first-order valence-electron chi connectivity index (χ1n) is 5.30. The molecule has 96 valence electrons. The van der Waals surface area contributed by atoms with Gasteiger partial charge in [-0.3, -0.25) is 4.79 Å². The maximum atomic E-state index is 11.2. The number of para-hydroxylation sites is 1. The number of methoxy groups -OCH3 is 1. The summed E-state index contributed by atoms with van der Waals surface area (Å²) in [5.74, 6) is 0.715. The van der Waals surface area contributed by atoms with Crippen LogP contribution in [0.25, 0.3) is 0 Å². The van der Waals surface area contributed by atoms with E-state index in [1.54, 1.807) is 14.0 Å². The zero-order valence-corrected chi connectivity index (χ0v) is 10.9. The molecular weight excluding hydrogens is 240 g/mol. The summed E-state index contributed by atoms with van der Waals surface area (Å²) in [6.07, 6.45) is 0.739. The number of rotatable bonds is 5. The minimum Gasteiger partial charge on any atom is -0.496 e. The van der Waals surface area contributed by atoms with Gasteiger partial charge in [0.05, 0.1) is 13.2 Å². The van der Waals surface area contributed by atoms with Gasteiger partial charge in [-0.1, -0.05) is 18.2 Å². The highest BCUT2D eigenvalue weighted by Gasteiger charge is 2.06. The second-order valence-corrected chi connectivity index (χ2v) is 3.64. The van der Waals surface area contributed by atoms with Crippen LogP contribution in [0.3, 0.4) is 0 Å². The first kappa shape index (κ1) is 15.7. The van der Waals surface area contributed by atoms with Crippen molar-refractivity contribution in [3.05, 3.63) is 29.8 Å². The lowest BCUT2D eigenvalue weighted by atomic mass is 10.1. The fourth-order valence-corrected chi connectivity index (χ4v) is 1.39. The second kappa shape index (κ2) is 7.92. The maximum Gasteiger partial charge on any atom is 0.236 e. The van der Waals surface area contributed by atoms with Crippen molar-refractivity contribution in [3.63, 3.8) is 0 Å². The molecule has 4 nitrogen and oxygen atoms in total. The minimum absolute atomic E-state index is 0. The Kier molecular flexibility index (Phi) is 7.34. The Morgan fingerprint density at radius 3 is 2.71 bits per heavy atom. The zero-order chi connectivity index (χ0) is 12.0. The van der Waals surface area contributed by atoms with Crippen LogP contribution in [0.2, 0.25) is 0 Å². The molecule has 0 spiro atoms. The Morgan fingerprint density at radius 1 is 1.47 bits per heavy atom. The highest BCUT2D eigenvalue weighted by atomic mass is 35.5. The largest absolute Gasteiger partial charge is 0.496 e. The van der Waals surface area contributed by atoms with Crippen molar-refractivity contribution < 1.29 is 9.53 Å². The highest BCUT2D eigenvalue weighted by Crippen LogP contribution is 2.17. The molecule has 0 saturated heterocycles. The number of carbonyl (C=O) groups is 1. The first-order valence-corrected chi connectivity index (χ1v) is 5.30. The summed E-state index contributed by atoms with van der Waals surface area (Å²) in [5.41, 5.74) is 6.51. The molecule has 1 aromatic rings. The average Bonchev–Trinajstić information content (AvgIpc) is 2.29. The van der Waals surface area contributed by atoms with E-state index in [9.17, 15) is 4.79 Å². The summed E-state index contributed by atoms with van der Waals surface area (Å²) < 4.78 is 5.21. The number of carbonyl (C=O) groups excluding carboxylic acids is 1. The van der Waals surface area contributed by atoms with Gasteiger partial charge in [-0.2, -0.15) is 0 Å². The lowest BCUT2D eigenvalue weighted by molar-refractivity contribution is -0.121. The molecule has 0 unspecified atom stereocenters. The summed E-state index contributed by atoms with van der Waals surface area (Å²) in [7, 11) is 1.64. The third kappa shape index (κ3) is 5.06. The summed E-state index contributed by atoms with van der Waals surface area (Å²) in [6.45, 7) is 2.24. The van der Waals surface area contributed by atoms with Gasteiger partial charge < -0.3 is 15.8 Å². The number of nitrogens with two attached hydrogens (primary N) is 1. The molecule has 0 aromatic heterocycles. The van der Waals surface area contributed by atoms with Gasteiger partial charge in [0.2, 0.25) is 5.91 Å². The van der Waals surface area contributed by atoms with Crippen LogP contribution in [0.1, 0.15) is 12.5 Å². The number of benzene rings is 1. The van der Waals surface area contributed by atoms with Crippen molar-refractivity contribution in [1.29, 1.82) is 0 Å². The van der Waals surface area contributed by atoms with E-state index >= 15 is 0 Å². The second-order valence-electron chi connectivity index (χ2n) is 3.64. The van der Waals surface area contributed by atoms with Crippen LogP contribution < -0.4 is 15.8 Å². The predicted molar refractivity (Wildman–Crippen MR) is 70.6 cm³/mol. The molecule has 17 heavy (non-hydrogen) atoms. The third-order valence-corrected chi connectivity index (χ3v) is 2.30. The van der Waals surface area contributed by atoms with Crippen LogP contribution in [0.15, 0.2) is 24.3 Å². The molecular formula is C12H19ClN2O2. The molecule has 0 heterocycles. The minimum atomic E-state index is -0.460. The Labute approximate surface area is 108 Å². The summed E-state index contributed by atoms with van der Waals surface area (Å²) >= 11 is 0. The van der Waals surface area contributed by atoms with E-state index in [4.69, 9.17) is 10.5 Å². The maximum absolute atomic E-state index is 11.2. The third-order valence-electron chi connectivity index (χ3n) is 2.30. The molecule has 0 saturated carbocycles. The van der Waals surface area contributed by atoms with Crippen LogP contribution in [0.5, 0.6) is 5.75 Å². The van der Waals surface area contributed by atoms with Crippen molar-refractivity contribution in [2.45, 2.75) is 19.4 Å². The first-order chi connectivity index (χ1) is 7.65. The quantitative estimate of drug-likeness (QED) is 0.832. The van der Waals surface area contributed by atoms with E-state index in [1.165, 1.54) is 0 Å². The van der Waals surface area contributed by atoms with E-state index in [0.717, 1.165) is 17.7 Å². The van der Waals surface area contributed by atoms with Gasteiger partial charge in [0.15, 0.2) is 0 Å². The van der Waals surface area contributed by atoms with Crippen molar-refractivity contribution in [2.24, 2.45) is 5.73 Å². The lowest BCUT2D eigenvalue weighted by Gasteiger charge is -2.10. The van der Waals surface area contributed by atoms with E-state index in [-0.39, 0.29) is 18.3 Å². The highest BCUT2D eigenvalue weighted by molar-refractivity contribution is 5.85. The summed E-state index contributed by atoms with van der Waals surface area (Å²) in [4.78, 5) is 11.2. The zero-order valence-electron chi connectivity index (χ0n) is 10.1. The normalized spacial score (nSPS) is 11.2. The molecule has 1 atom stereocenters. The van der Waals surface area contributed by atoms with Crippen LogP contribution in [-0.4, -0.2) is 25.6 Å². The number of ether oxygens (including phenoxy) is 1. The van der Waals surface area contributed by atoms with Crippen molar-refractivity contribution in [1.82, 2.24) is 5.32 Å². The van der Waals surface area contributed by atoms with Gasteiger partial charge in [0, 0.05) is 6.54 Å². The fourth-order valence-electron chi connectivity index (χ4n) is 1.39. The molecule has 0 aliphatic carbocycles. The van der Waals surface area contributed by atoms with Gasteiger partial charge >= 0.3 is 0 Å². The topological polar surface area (TPSA) is 64.3 Å². The molecule has 1 amide bonds. The van der Waals surface area contributed by atoms with Gasteiger partial charge in [0.25, 0.3) is 0 Å².